The lowest BCUT2D eigenvalue weighted by Crippen LogP contribution is -2.12. The number of anilines is 1. The van der Waals surface area contributed by atoms with Gasteiger partial charge in [0.15, 0.2) is 10.8 Å². The van der Waals surface area contributed by atoms with Gasteiger partial charge in [0.25, 0.3) is 5.91 Å². The first-order valence-electron chi connectivity index (χ1n) is 5.46. The Labute approximate surface area is 112 Å². The van der Waals surface area contributed by atoms with Gasteiger partial charge < -0.3 is 4.74 Å². The second-order valence-electron chi connectivity index (χ2n) is 3.44. The molecule has 2 rings (SSSR count). The average Bonchev–Trinajstić information content (AvgIpc) is 3.00. The Balaban J connectivity index is 1.94. The number of hydrogen-bond acceptors (Lipinski definition) is 7. The van der Waals surface area contributed by atoms with E-state index in [1.54, 1.807) is 12.3 Å². The number of ether oxygens (including phenoxy) is 1. The zero-order chi connectivity index (χ0) is 13.7. The molecule has 0 aromatic carbocycles. The van der Waals surface area contributed by atoms with Gasteiger partial charge in [-0.2, -0.15) is 15.4 Å². The van der Waals surface area contributed by atoms with Crippen LogP contribution in [0, 0.1) is 0 Å². The fourth-order valence-corrected chi connectivity index (χ4v) is 1.98. The van der Waals surface area contributed by atoms with Gasteiger partial charge in [-0.25, -0.2) is 4.98 Å². The van der Waals surface area contributed by atoms with E-state index in [0.717, 1.165) is 0 Å². The van der Waals surface area contributed by atoms with Crippen LogP contribution in [0.1, 0.15) is 23.1 Å². The number of nitrogens with zero attached hydrogens (tertiary/aromatic N) is 3. The van der Waals surface area contributed by atoms with Gasteiger partial charge in [-0.05, 0) is 6.92 Å². The van der Waals surface area contributed by atoms with Crippen molar-refractivity contribution in [2.75, 3.05) is 11.9 Å². The third-order valence-corrected chi connectivity index (χ3v) is 2.86. The van der Waals surface area contributed by atoms with E-state index in [-0.39, 0.29) is 18.1 Å². The Morgan fingerprint density at radius 1 is 1.53 bits per heavy atom. The number of thiazole rings is 1. The summed E-state index contributed by atoms with van der Waals surface area (Å²) in [7, 11) is 0. The molecule has 0 spiro atoms. The molecule has 2 aromatic rings. The van der Waals surface area contributed by atoms with Gasteiger partial charge in [0, 0.05) is 5.38 Å². The minimum Gasteiger partial charge on any atom is -0.466 e. The van der Waals surface area contributed by atoms with Crippen molar-refractivity contribution in [3.63, 3.8) is 0 Å². The largest absolute Gasteiger partial charge is 0.466 e. The van der Waals surface area contributed by atoms with Gasteiger partial charge in [0.1, 0.15) is 0 Å². The monoisotopic (exact) mass is 281 g/mol. The first-order valence-corrected chi connectivity index (χ1v) is 6.34. The molecule has 19 heavy (non-hydrogen) atoms. The third-order valence-electron chi connectivity index (χ3n) is 2.05. The second-order valence-corrected chi connectivity index (χ2v) is 4.29. The third kappa shape index (κ3) is 3.58. The molecule has 0 saturated heterocycles. The summed E-state index contributed by atoms with van der Waals surface area (Å²) in [5.74, 6) is -0.757. The van der Waals surface area contributed by atoms with Crippen molar-refractivity contribution in [1.29, 1.82) is 0 Å². The number of aromatic nitrogens is 4. The maximum Gasteiger partial charge on any atom is 0.311 e. The van der Waals surface area contributed by atoms with Gasteiger partial charge in [0.05, 0.1) is 24.9 Å². The number of carbonyl (C=O) groups excluding carboxylic acids is 2. The normalized spacial score (nSPS) is 10.2. The smallest absolute Gasteiger partial charge is 0.311 e. The Bertz CT molecular complexity index is 565. The molecule has 0 atom stereocenters. The number of carbonyl (C=O) groups is 2. The highest BCUT2D eigenvalue weighted by atomic mass is 32.1. The molecule has 100 valence electrons. The van der Waals surface area contributed by atoms with Gasteiger partial charge in [-0.1, -0.05) is 0 Å². The summed E-state index contributed by atoms with van der Waals surface area (Å²) < 4.78 is 4.81. The molecule has 0 radical (unpaired) electrons. The summed E-state index contributed by atoms with van der Waals surface area (Å²) in [6.45, 7) is 2.07. The van der Waals surface area contributed by atoms with Gasteiger partial charge >= 0.3 is 5.97 Å². The number of rotatable bonds is 5. The predicted molar refractivity (Wildman–Crippen MR) is 66.8 cm³/mol. The van der Waals surface area contributed by atoms with E-state index in [9.17, 15) is 9.59 Å². The van der Waals surface area contributed by atoms with Crippen molar-refractivity contribution in [2.45, 2.75) is 13.3 Å². The number of aromatic amines is 1. The zero-order valence-electron chi connectivity index (χ0n) is 10.0. The van der Waals surface area contributed by atoms with Crippen LogP contribution in [-0.2, 0) is 16.0 Å². The summed E-state index contributed by atoms with van der Waals surface area (Å²) in [6.07, 6.45) is 1.40. The van der Waals surface area contributed by atoms with Crippen LogP contribution in [0.3, 0.4) is 0 Å². The van der Waals surface area contributed by atoms with Crippen LogP contribution in [0.2, 0.25) is 0 Å². The zero-order valence-corrected chi connectivity index (χ0v) is 10.9. The van der Waals surface area contributed by atoms with Crippen LogP contribution < -0.4 is 5.32 Å². The molecule has 0 bridgehead atoms. The second kappa shape index (κ2) is 6.05. The molecule has 8 nitrogen and oxygen atoms in total. The van der Waals surface area contributed by atoms with Crippen molar-refractivity contribution in [2.24, 2.45) is 0 Å². The quantitative estimate of drug-likeness (QED) is 0.777. The van der Waals surface area contributed by atoms with Crippen LogP contribution in [0.25, 0.3) is 0 Å². The van der Waals surface area contributed by atoms with Crippen LogP contribution >= 0.6 is 11.3 Å². The molecule has 0 aliphatic heterocycles. The number of amides is 1. The van der Waals surface area contributed by atoms with E-state index in [1.807, 2.05) is 0 Å². The molecule has 0 unspecified atom stereocenters. The molecule has 2 N–H and O–H groups in total. The summed E-state index contributed by atoms with van der Waals surface area (Å²) in [5, 5.41) is 14.2. The highest BCUT2D eigenvalue weighted by Gasteiger charge is 2.13. The fraction of sp³-hybridized carbons (Fsp3) is 0.300. The maximum absolute atomic E-state index is 11.7. The van der Waals surface area contributed by atoms with E-state index in [0.29, 0.717) is 17.4 Å². The Morgan fingerprint density at radius 3 is 3.05 bits per heavy atom. The molecule has 0 aliphatic rings. The van der Waals surface area contributed by atoms with E-state index in [2.05, 4.69) is 25.7 Å². The standard InChI is InChI=1S/C10H11N5O3S/c1-2-18-8(16)3-6-5-19-10(12-6)13-9(17)7-4-11-15-14-7/h4-5H,2-3H2,1H3,(H,11,14,15)(H,12,13,17). The lowest BCUT2D eigenvalue weighted by Gasteiger charge is -1.98. The number of hydrogen-bond donors (Lipinski definition) is 2. The van der Waals surface area contributed by atoms with Crippen molar-refractivity contribution in [3.8, 4) is 0 Å². The number of nitrogens with one attached hydrogen (secondary N) is 2. The van der Waals surface area contributed by atoms with E-state index >= 15 is 0 Å². The minimum atomic E-state index is -0.411. The van der Waals surface area contributed by atoms with Gasteiger partial charge in [-0.3, -0.25) is 14.9 Å². The Morgan fingerprint density at radius 2 is 2.37 bits per heavy atom. The Kier molecular flexibility index (Phi) is 4.18. The van der Waals surface area contributed by atoms with E-state index < -0.39 is 5.91 Å². The first kappa shape index (κ1) is 13.1. The molecule has 0 aliphatic carbocycles. The van der Waals surface area contributed by atoms with Crippen molar-refractivity contribution in [3.05, 3.63) is 23.0 Å². The van der Waals surface area contributed by atoms with E-state index in [1.165, 1.54) is 17.5 Å². The molecule has 0 fully saturated rings. The van der Waals surface area contributed by atoms with Gasteiger partial charge in [0.2, 0.25) is 0 Å². The summed E-state index contributed by atoms with van der Waals surface area (Å²) in [4.78, 5) is 27.0. The van der Waals surface area contributed by atoms with Crippen LogP contribution in [0.4, 0.5) is 5.13 Å². The number of H-pyrrole nitrogens is 1. The van der Waals surface area contributed by atoms with Gasteiger partial charge in [-0.15, -0.1) is 11.3 Å². The highest BCUT2D eigenvalue weighted by Crippen LogP contribution is 2.16. The fourth-order valence-electron chi connectivity index (χ4n) is 1.28. The Hall–Kier alpha value is -2.29. The molecule has 1 amide bonds. The topological polar surface area (TPSA) is 110 Å². The van der Waals surface area contributed by atoms with Crippen molar-refractivity contribution in [1.82, 2.24) is 20.4 Å². The SMILES string of the molecule is CCOC(=O)Cc1csc(NC(=O)c2cn[nH]n2)n1. The number of esters is 1. The summed E-state index contributed by atoms with van der Waals surface area (Å²) >= 11 is 1.23. The molecule has 0 saturated carbocycles. The maximum atomic E-state index is 11.7. The van der Waals surface area contributed by atoms with Crippen molar-refractivity contribution < 1.29 is 14.3 Å². The van der Waals surface area contributed by atoms with Crippen LogP contribution in [0.5, 0.6) is 0 Å². The molecular formula is C10H11N5O3S. The summed E-state index contributed by atoms with van der Waals surface area (Å²) in [6, 6.07) is 0. The summed E-state index contributed by atoms with van der Waals surface area (Å²) in [5.41, 5.74) is 0.723. The highest BCUT2D eigenvalue weighted by molar-refractivity contribution is 7.14. The first-order chi connectivity index (χ1) is 9.19. The average molecular weight is 281 g/mol. The van der Waals surface area contributed by atoms with Crippen molar-refractivity contribution >= 4 is 28.3 Å². The molecule has 2 aromatic heterocycles. The lowest BCUT2D eigenvalue weighted by molar-refractivity contribution is -0.142. The molecular weight excluding hydrogens is 270 g/mol. The van der Waals surface area contributed by atoms with Crippen LogP contribution in [0.15, 0.2) is 11.6 Å². The molecule has 2 heterocycles. The molecule has 9 heteroatoms. The van der Waals surface area contributed by atoms with E-state index in [4.69, 9.17) is 4.74 Å². The predicted octanol–water partition coefficient (Wildman–Crippen LogP) is 0.619. The minimum absolute atomic E-state index is 0.0875. The van der Waals surface area contributed by atoms with Crippen LogP contribution in [-0.4, -0.2) is 38.9 Å². The lowest BCUT2D eigenvalue weighted by atomic mass is 10.3.